The van der Waals surface area contributed by atoms with E-state index in [1.165, 1.54) is 5.56 Å². The minimum Gasteiger partial charge on any atom is -0.494 e. The van der Waals surface area contributed by atoms with Crippen LogP contribution in [-0.4, -0.2) is 28.6 Å². The Hall–Kier alpha value is -3.31. The second-order valence-electron chi connectivity index (χ2n) is 8.06. The second kappa shape index (κ2) is 11.0. The SMILES string of the molecule is Cc1cccc(OCCCn2c(CCNC(=O)Cc3ccccc3Cl)nc3ccccc32)c1. The lowest BCUT2D eigenvalue weighted by Crippen LogP contribution is -2.28. The fourth-order valence-corrected chi connectivity index (χ4v) is 4.08. The lowest BCUT2D eigenvalue weighted by Gasteiger charge is -2.11. The van der Waals surface area contributed by atoms with Crippen molar-refractivity contribution in [3.63, 3.8) is 0 Å². The molecule has 0 spiro atoms. The van der Waals surface area contributed by atoms with Gasteiger partial charge in [0.1, 0.15) is 11.6 Å². The lowest BCUT2D eigenvalue weighted by atomic mass is 10.1. The molecule has 33 heavy (non-hydrogen) atoms. The van der Waals surface area contributed by atoms with Crippen LogP contribution in [0.15, 0.2) is 72.8 Å². The zero-order valence-electron chi connectivity index (χ0n) is 18.8. The Morgan fingerprint density at radius 2 is 1.88 bits per heavy atom. The van der Waals surface area contributed by atoms with Crippen LogP contribution >= 0.6 is 11.6 Å². The summed E-state index contributed by atoms with van der Waals surface area (Å²) in [5.74, 6) is 1.81. The van der Waals surface area contributed by atoms with Gasteiger partial charge in [-0.25, -0.2) is 4.98 Å². The number of hydrogen-bond acceptors (Lipinski definition) is 3. The number of carbonyl (C=O) groups is 1. The Kier molecular flexibility index (Phi) is 7.63. The van der Waals surface area contributed by atoms with Crippen LogP contribution in [0.3, 0.4) is 0 Å². The van der Waals surface area contributed by atoms with Gasteiger partial charge in [0, 0.05) is 24.5 Å². The molecule has 1 amide bonds. The third kappa shape index (κ3) is 6.14. The highest BCUT2D eigenvalue weighted by Crippen LogP contribution is 2.18. The van der Waals surface area contributed by atoms with Crippen molar-refractivity contribution < 1.29 is 9.53 Å². The first-order valence-electron chi connectivity index (χ1n) is 11.2. The van der Waals surface area contributed by atoms with Gasteiger partial charge in [0.15, 0.2) is 0 Å². The first-order valence-corrected chi connectivity index (χ1v) is 11.6. The monoisotopic (exact) mass is 461 g/mol. The molecule has 1 heterocycles. The van der Waals surface area contributed by atoms with Gasteiger partial charge in [0.2, 0.25) is 5.91 Å². The molecule has 0 aliphatic heterocycles. The maximum absolute atomic E-state index is 12.4. The first kappa shape index (κ1) is 22.9. The molecular weight excluding hydrogens is 434 g/mol. The fourth-order valence-electron chi connectivity index (χ4n) is 3.87. The summed E-state index contributed by atoms with van der Waals surface area (Å²) >= 11 is 6.17. The quantitative estimate of drug-likeness (QED) is 0.323. The molecule has 4 aromatic rings. The van der Waals surface area contributed by atoms with E-state index >= 15 is 0 Å². The van der Waals surface area contributed by atoms with E-state index in [-0.39, 0.29) is 12.3 Å². The number of carbonyl (C=O) groups excluding carboxylic acids is 1. The Morgan fingerprint density at radius 1 is 1.06 bits per heavy atom. The van der Waals surface area contributed by atoms with Crippen LogP contribution in [0.25, 0.3) is 11.0 Å². The van der Waals surface area contributed by atoms with Crippen molar-refractivity contribution in [1.29, 1.82) is 0 Å². The molecule has 6 heteroatoms. The number of aromatic nitrogens is 2. The molecule has 0 atom stereocenters. The van der Waals surface area contributed by atoms with Crippen LogP contribution in [0.2, 0.25) is 5.02 Å². The van der Waals surface area contributed by atoms with Gasteiger partial charge in [0.05, 0.1) is 24.1 Å². The second-order valence-corrected chi connectivity index (χ2v) is 8.46. The fraction of sp³-hybridized carbons (Fsp3) is 0.259. The smallest absolute Gasteiger partial charge is 0.224 e. The van der Waals surface area contributed by atoms with Gasteiger partial charge in [-0.1, -0.05) is 54.1 Å². The average Bonchev–Trinajstić information content (AvgIpc) is 3.16. The van der Waals surface area contributed by atoms with Gasteiger partial charge in [-0.3, -0.25) is 4.79 Å². The van der Waals surface area contributed by atoms with Crippen LogP contribution in [-0.2, 0) is 24.2 Å². The minimum absolute atomic E-state index is 0.0442. The van der Waals surface area contributed by atoms with E-state index in [1.807, 2.05) is 54.6 Å². The van der Waals surface area contributed by atoms with E-state index in [1.54, 1.807) is 6.07 Å². The number of aryl methyl sites for hydroxylation is 2. The zero-order valence-corrected chi connectivity index (χ0v) is 19.5. The molecule has 0 bridgehead atoms. The predicted molar refractivity (Wildman–Crippen MR) is 133 cm³/mol. The number of hydrogen-bond donors (Lipinski definition) is 1. The van der Waals surface area contributed by atoms with Crippen molar-refractivity contribution in [2.45, 2.75) is 32.7 Å². The van der Waals surface area contributed by atoms with Crippen molar-refractivity contribution in [2.75, 3.05) is 13.2 Å². The number of rotatable bonds is 10. The van der Waals surface area contributed by atoms with E-state index in [0.29, 0.717) is 24.6 Å². The number of ether oxygens (including phenoxy) is 1. The van der Waals surface area contributed by atoms with Crippen molar-refractivity contribution in [3.8, 4) is 5.75 Å². The lowest BCUT2D eigenvalue weighted by molar-refractivity contribution is -0.120. The molecule has 0 fully saturated rings. The molecule has 1 N–H and O–H groups in total. The summed E-state index contributed by atoms with van der Waals surface area (Å²) in [6, 6.07) is 23.7. The molecule has 0 unspecified atom stereocenters. The van der Waals surface area contributed by atoms with E-state index in [4.69, 9.17) is 21.3 Å². The number of benzene rings is 3. The zero-order chi connectivity index (χ0) is 23.0. The van der Waals surface area contributed by atoms with Crippen molar-refractivity contribution in [1.82, 2.24) is 14.9 Å². The topological polar surface area (TPSA) is 56.1 Å². The molecule has 0 saturated heterocycles. The first-order chi connectivity index (χ1) is 16.1. The molecule has 0 saturated carbocycles. The molecule has 0 aliphatic carbocycles. The number of nitrogens with zero attached hydrogens (tertiary/aromatic N) is 2. The van der Waals surface area contributed by atoms with Gasteiger partial charge in [-0.05, 0) is 54.8 Å². The van der Waals surface area contributed by atoms with Gasteiger partial charge in [0.25, 0.3) is 0 Å². The Labute approximate surface area is 199 Å². The predicted octanol–water partition coefficient (Wildman–Crippen LogP) is 5.37. The largest absolute Gasteiger partial charge is 0.494 e. The van der Waals surface area contributed by atoms with Crippen LogP contribution in [0.4, 0.5) is 0 Å². The molecule has 3 aromatic carbocycles. The van der Waals surface area contributed by atoms with Gasteiger partial charge >= 0.3 is 0 Å². The maximum atomic E-state index is 12.4. The molecule has 0 aliphatic rings. The Bertz CT molecular complexity index is 1240. The van der Waals surface area contributed by atoms with Gasteiger partial charge in [-0.15, -0.1) is 0 Å². The van der Waals surface area contributed by atoms with Crippen molar-refractivity contribution in [3.05, 3.63) is 94.8 Å². The number of para-hydroxylation sites is 2. The number of amides is 1. The summed E-state index contributed by atoms with van der Waals surface area (Å²) < 4.78 is 8.15. The molecule has 1 aromatic heterocycles. The van der Waals surface area contributed by atoms with E-state index < -0.39 is 0 Å². The van der Waals surface area contributed by atoms with E-state index in [9.17, 15) is 4.79 Å². The molecule has 4 rings (SSSR count). The summed E-state index contributed by atoms with van der Waals surface area (Å²) in [7, 11) is 0. The third-order valence-electron chi connectivity index (χ3n) is 5.50. The van der Waals surface area contributed by atoms with Crippen molar-refractivity contribution >= 4 is 28.5 Å². The molecule has 170 valence electrons. The van der Waals surface area contributed by atoms with Crippen LogP contribution < -0.4 is 10.1 Å². The highest BCUT2D eigenvalue weighted by Gasteiger charge is 2.12. The summed E-state index contributed by atoms with van der Waals surface area (Å²) in [5, 5.41) is 3.61. The summed E-state index contributed by atoms with van der Waals surface area (Å²) in [5.41, 5.74) is 4.09. The standard InChI is InChI=1S/C27H28ClN3O2/c1-20-8-6-10-22(18-20)33-17-7-16-31-25-13-5-4-12-24(25)30-26(31)14-15-29-27(32)19-21-9-2-3-11-23(21)28/h2-6,8-13,18H,7,14-17,19H2,1H3,(H,29,32). The molecular formula is C27H28ClN3O2. The molecule has 0 radical (unpaired) electrons. The maximum Gasteiger partial charge on any atom is 0.224 e. The number of fused-ring (bicyclic) bond motifs is 1. The highest BCUT2D eigenvalue weighted by atomic mass is 35.5. The van der Waals surface area contributed by atoms with E-state index in [0.717, 1.165) is 41.1 Å². The number of halogens is 1. The van der Waals surface area contributed by atoms with Crippen molar-refractivity contribution in [2.24, 2.45) is 0 Å². The third-order valence-corrected chi connectivity index (χ3v) is 5.87. The van der Waals surface area contributed by atoms with Gasteiger partial charge in [-0.2, -0.15) is 0 Å². The summed E-state index contributed by atoms with van der Waals surface area (Å²) in [4.78, 5) is 17.2. The molecule has 5 nitrogen and oxygen atoms in total. The minimum atomic E-state index is -0.0442. The highest BCUT2D eigenvalue weighted by molar-refractivity contribution is 6.31. The van der Waals surface area contributed by atoms with Crippen LogP contribution in [0.5, 0.6) is 5.75 Å². The van der Waals surface area contributed by atoms with Crippen LogP contribution in [0, 0.1) is 6.92 Å². The number of imidazole rings is 1. The average molecular weight is 462 g/mol. The summed E-state index contributed by atoms with van der Waals surface area (Å²) in [6.07, 6.45) is 1.79. The van der Waals surface area contributed by atoms with Crippen LogP contribution in [0.1, 0.15) is 23.4 Å². The van der Waals surface area contributed by atoms with Gasteiger partial charge < -0.3 is 14.6 Å². The Morgan fingerprint density at radius 3 is 2.73 bits per heavy atom. The normalized spacial score (nSPS) is 11.0. The van der Waals surface area contributed by atoms with E-state index in [2.05, 4.69) is 28.9 Å². The summed E-state index contributed by atoms with van der Waals surface area (Å²) in [6.45, 7) is 4.01. The number of nitrogens with one attached hydrogen (secondary N) is 1. The Balaban J connectivity index is 1.34.